The van der Waals surface area contributed by atoms with Crippen LogP contribution in [0.25, 0.3) is 0 Å². The average Bonchev–Trinajstić information content (AvgIpc) is 2.42. The second-order valence-corrected chi connectivity index (χ2v) is 5.33. The van der Waals surface area contributed by atoms with Crippen LogP contribution in [0.1, 0.15) is 35.2 Å². The van der Waals surface area contributed by atoms with E-state index in [0.29, 0.717) is 11.6 Å². The zero-order chi connectivity index (χ0) is 13.8. The summed E-state index contributed by atoms with van der Waals surface area (Å²) in [6.45, 7) is 3.58. The van der Waals surface area contributed by atoms with Crippen molar-refractivity contribution in [3.8, 4) is 5.75 Å². The molecule has 0 bridgehead atoms. The molecule has 0 aliphatic carbocycles. The summed E-state index contributed by atoms with van der Waals surface area (Å²) in [6.07, 6.45) is 3.59. The molecule has 1 saturated heterocycles. The van der Waals surface area contributed by atoms with E-state index in [-0.39, 0.29) is 11.7 Å². The molecule has 2 N–H and O–H groups in total. The van der Waals surface area contributed by atoms with Crippen molar-refractivity contribution >= 4 is 5.91 Å². The van der Waals surface area contributed by atoms with Gasteiger partial charge in [-0.15, -0.1) is 0 Å². The lowest BCUT2D eigenvalue weighted by Gasteiger charge is -2.28. The number of amides is 1. The van der Waals surface area contributed by atoms with E-state index in [0.717, 1.165) is 25.1 Å². The lowest BCUT2D eigenvalue weighted by Crippen LogP contribution is -2.44. The highest BCUT2D eigenvalue weighted by atomic mass is 16.3. The molecule has 1 aromatic carbocycles. The van der Waals surface area contributed by atoms with E-state index < -0.39 is 0 Å². The van der Waals surface area contributed by atoms with Crippen molar-refractivity contribution in [2.45, 2.75) is 32.2 Å². The van der Waals surface area contributed by atoms with Gasteiger partial charge in [0.25, 0.3) is 5.91 Å². The van der Waals surface area contributed by atoms with E-state index in [9.17, 15) is 9.90 Å². The number of nitrogens with zero attached hydrogens (tertiary/aromatic N) is 1. The summed E-state index contributed by atoms with van der Waals surface area (Å²) >= 11 is 0. The number of aryl methyl sites for hydroxylation is 1. The van der Waals surface area contributed by atoms with E-state index in [1.54, 1.807) is 30.0 Å². The molecule has 1 unspecified atom stereocenters. The Labute approximate surface area is 114 Å². The number of carbonyl (C=O) groups excluding carboxylic acids is 1. The number of likely N-dealkylation sites (N-methyl/N-ethyl adjacent to an activating group) is 1. The van der Waals surface area contributed by atoms with Gasteiger partial charge in [-0.2, -0.15) is 0 Å². The molecule has 1 aliphatic heterocycles. The molecule has 0 saturated carbocycles. The van der Waals surface area contributed by atoms with Gasteiger partial charge >= 0.3 is 0 Å². The summed E-state index contributed by atoms with van der Waals surface area (Å²) in [5, 5.41) is 12.9. The lowest BCUT2D eigenvalue weighted by molar-refractivity contribution is 0.0775. The molecule has 4 heteroatoms. The molecule has 2 rings (SSSR count). The van der Waals surface area contributed by atoms with Crippen LogP contribution in [0, 0.1) is 6.92 Å². The third kappa shape index (κ3) is 3.47. The number of phenols is 1. The van der Waals surface area contributed by atoms with Crippen LogP contribution in [0.3, 0.4) is 0 Å². The summed E-state index contributed by atoms with van der Waals surface area (Å²) in [5.74, 6) is 0.239. The van der Waals surface area contributed by atoms with Crippen molar-refractivity contribution < 1.29 is 9.90 Å². The molecule has 4 nitrogen and oxygen atoms in total. The van der Waals surface area contributed by atoms with Gasteiger partial charge in [0.2, 0.25) is 0 Å². The van der Waals surface area contributed by atoms with Crippen LogP contribution in [0.4, 0.5) is 0 Å². The zero-order valence-electron chi connectivity index (χ0n) is 11.6. The number of carbonyl (C=O) groups is 1. The van der Waals surface area contributed by atoms with E-state index in [4.69, 9.17) is 0 Å². The third-order valence-electron chi connectivity index (χ3n) is 3.70. The second-order valence-electron chi connectivity index (χ2n) is 5.33. The molecule has 104 valence electrons. The van der Waals surface area contributed by atoms with Gasteiger partial charge in [0.05, 0.1) is 0 Å². The van der Waals surface area contributed by atoms with Crippen LogP contribution in [0.2, 0.25) is 0 Å². The van der Waals surface area contributed by atoms with Gasteiger partial charge in [-0.1, -0.05) is 6.42 Å². The Kier molecular flexibility index (Phi) is 4.43. The Morgan fingerprint density at radius 3 is 2.89 bits per heavy atom. The van der Waals surface area contributed by atoms with Crippen molar-refractivity contribution in [3.63, 3.8) is 0 Å². The van der Waals surface area contributed by atoms with Gasteiger partial charge in [-0.3, -0.25) is 4.79 Å². The number of benzene rings is 1. The first-order valence-electron chi connectivity index (χ1n) is 6.86. The van der Waals surface area contributed by atoms with Crippen molar-refractivity contribution in [1.82, 2.24) is 10.2 Å². The number of hydrogen-bond acceptors (Lipinski definition) is 3. The molecule has 1 fully saturated rings. The number of hydrogen-bond donors (Lipinski definition) is 2. The molecule has 0 aromatic heterocycles. The molecular formula is C15H22N2O2. The van der Waals surface area contributed by atoms with Crippen molar-refractivity contribution in [1.29, 1.82) is 0 Å². The van der Waals surface area contributed by atoms with Crippen LogP contribution < -0.4 is 5.32 Å². The fourth-order valence-corrected chi connectivity index (χ4v) is 2.50. The maximum absolute atomic E-state index is 12.3. The molecule has 0 radical (unpaired) electrons. The standard InChI is InChI=1S/C15H22N2O2/c1-11-9-12(6-7-14(11)18)15(19)17(2)10-13-5-3-4-8-16-13/h6-7,9,13,16,18H,3-5,8,10H2,1-2H3. The molecule has 0 spiro atoms. The summed E-state index contributed by atoms with van der Waals surface area (Å²) < 4.78 is 0. The van der Waals surface area contributed by atoms with E-state index in [1.807, 2.05) is 7.05 Å². The zero-order valence-corrected chi connectivity index (χ0v) is 11.6. The predicted molar refractivity (Wildman–Crippen MR) is 75.4 cm³/mol. The highest BCUT2D eigenvalue weighted by Crippen LogP contribution is 2.18. The molecule has 1 aliphatic rings. The highest BCUT2D eigenvalue weighted by Gasteiger charge is 2.19. The Bertz CT molecular complexity index is 453. The molecular weight excluding hydrogens is 240 g/mol. The van der Waals surface area contributed by atoms with Crippen molar-refractivity contribution in [3.05, 3.63) is 29.3 Å². The minimum Gasteiger partial charge on any atom is -0.508 e. The maximum atomic E-state index is 12.3. The highest BCUT2D eigenvalue weighted by molar-refractivity contribution is 5.94. The predicted octanol–water partition coefficient (Wildman–Crippen LogP) is 1.91. The number of rotatable bonds is 3. The van der Waals surface area contributed by atoms with Gasteiger partial charge in [0, 0.05) is 25.2 Å². The first-order chi connectivity index (χ1) is 9.08. The van der Waals surface area contributed by atoms with E-state index in [2.05, 4.69) is 5.32 Å². The minimum atomic E-state index is 0.00970. The van der Waals surface area contributed by atoms with Crippen molar-refractivity contribution in [2.24, 2.45) is 0 Å². The Morgan fingerprint density at radius 1 is 1.47 bits per heavy atom. The summed E-state index contributed by atoms with van der Waals surface area (Å²) in [4.78, 5) is 14.1. The SMILES string of the molecule is Cc1cc(C(=O)N(C)CC2CCCCN2)ccc1O. The fourth-order valence-electron chi connectivity index (χ4n) is 2.50. The van der Waals surface area contributed by atoms with Crippen LogP contribution in [0.15, 0.2) is 18.2 Å². The third-order valence-corrected chi connectivity index (χ3v) is 3.70. The number of aromatic hydroxyl groups is 1. The van der Waals surface area contributed by atoms with Gasteiger partial charge in [0.15, 0.2) is 0 Å². The van der Waals surface area contributed by atoms with Crippen LogP contribution in [-0.2, 0) is 0 Å². The van der Waals surface area contributed by atoms with Gasteiger partial charge < -0.3 is 15.3 Å². The molecule has 1 aromatic rings. The number of piperidine rings is 1. The summed E-state index contributed by atoms with van der Waals surface area (Å²) in [5.41, 5.74) is 1.36. The Hall–Kier alpha value is -1.55. The first-order valence-corrected chi connectivity index (χ1v) is 6.86. The number of nitrogens with one attached hydrogen (secondary N) is 1. The molecule has 1 amide bonds. The largest absolute Gasteiger partial charge is 0.508 e. The van der Waals surface area contributed by atoms with E-state index in [1.165, 1.54) is 12.8 Å². The average molecular weight is 262 g/mol. The summed E-state index contributed by atoms with van der Waals surface area (Å²) in [6, 6.07) is 5.40. The van der Waals surface area contributed by atoms with Crippen molar-refractivity contribution in [2.75, 3.05) is 20.1 Å². The smallest absolute Gasteiger partial charge is 0.253 e. The van der Waals surface area contributed by atoms with Crippen LogP contribution in [-0.4, -0.2) is 42.1 Å². The second kappa shape index (κ2) is 6.06. The van der Waals surface area contributed by atoms with Gasteiger partial charge in [-0.05, 0) is 50.1 Å². The fraction of sp³-hybridized carbons (Fsp3) is 0.533. The lowest BCUT2D eigenvalue weighted by atomic mass is 10.0. The first kappa shape index (κ1) is 13.9. The Morgan fingerprint density at radius 2 is 2.26 bits per heavy atom. The van der Waals surface area contributed by atoms with E-state index >= 15 is 0 Å². The molecule has 1 heterocycles. The quantitative estimate of drug-likeness (QED) is 0.875. The normalized spacial score (nSPS) is 19.2. The van der Waals surface area contributed by atoms with Gasteiger partial charge in [0.1, 0.15) is 5.75 Å². The summed E-state index contributed by atoms with van der Waals surface area (Å²) in [7, 11) is 1.83. The molecule has 19 heavy (non-hydrogen) atoms. The Balaban J connectivity index is 1.99. The monoisotopic (exact) mass is 262 g/mol. The topological polar surface area (TPSA) is 52.6 Å². The molecule has 1 atom stereocenters. The van der Waals surface area contributed by atoms with Gasteiger partial charge in [-0.25, -0.2) is 0 Å². The van der Waals surface area contributed by atoms with Crippen LogP contribution >= 0.6 is 0 Å². The minimum absolute atomic E-state index is 0.00970. The van der Waals surface area contributed by atoms with Crippen LogP contribution in [0.5, 0.6) is 5.75 Å². The maximum Gasteiger partial charge on any atom is 0.253 e. The number of phenolic OH excluding ortho intramolecular Hbond substituents is 1.